The molecule has 0 saturated carbocycles. The fraction of sp³-hybridized carbons (Fsp3) is 0.651. The van der Waals surface area contributed by atoms with Crippen LogP contribution in [0.1, 0.15) is 83.2 Å². The lowest BCUT2D eigenvalue weighted by molar-refractivity contribution is -0.142. The average Bonchev–Trinajstić information content (AvgIpc) is 4.06. The first-order valence-corrected chi connectivity index (χ1v) is 23.9. The first kappa shape index (κ1) is 61.3. The number of nitrogens with two attached hydrogens (primary N) is 6. The molecule has 0 aliphatic carbocycles. The molecule has 1 aliphatic rings. The molecule has 8 atom stereocenters. The van der Waals surface area contributed by atoms with Crippen molar-refractivity contribution in [2.45, 2.75) is 132 Å². The summed E-state index contributed by atoms with van der Waals surface area (Å²) < 4.78 is 0. The van der Waals surface area contributed by atoms with Crippen molar-refractivity contribution in [3.05, 3.63) is 30.0 Å². The zero-order valence-corrected chi connectivity index (χ0v) is 40.7. The van der Waals surface area contributed by atoms with Crippen LogP contribution in [-0.4, -0.2) is 178 Å². The smallest absolute Gasteiger partial charge is 0.352 e. The minimum Gasteiger partial charge on any atom is -0.477 e. The normalized spacial score (nSPS) is 16.3. The maximum atomic E-state index is 14.1. The number of unbranched alkanes of at least 4 members (excludes halogenated alkanes) is 2. The first-order chi connectivity index (χ1) is 34.3. The number of rotatable bonds is 34. The molecule has 1 aromatic rings. The fourth-order valence-electron chi connectivity index (χ4n) is 7.35. The third-order valence-electron chi connectivity index (χ3n) is 11.3. The van der Waals surface area contributed by atoms with Crippen LogP contribution in [0.5, 0.6) is 0 Å². The second-order valence-corrected chi connectivity index (χ2v) is 17.1. The van der Waals surface area contributed by atoms with Gasteiger partial charge in [0.1, 0.15) is 41.9 Å². The summed E-state index contributed by atoms with van der Waals surface area (Å²) in [4.78, 5) is 128. The zero-order chi connectivity index (χ0) is 53.8. The lowest BCUT2D eigenvalue weighted by Gasteiger charge is -2.30. The minimum atomic E-state index is -1.56. The largest absolute Gasteiger partial charge is 0.477 e. The molecule has 0 aromatic carbocycles. The topological polar surface area (TPSA) is 502 Å². The summed E-state index contributed by atoms with van der Waals surface area (Å²) in [5.41, 5.74) is 33.6. The highest BCUT2D eigenvalue weighted by molar-refractivity contribution is 5.99. The lowest BCUT2D eigenvalue weighted by atomic mass is 10.1. The number of guanidine groups is 1. The molecule has 72 heavy (non-hydrogen) atoms. The summed E-state index contributed by atoms with van der Waals surface area (Å²) in [6.07, 6.45) is 5.60. The fourth-order valence-corrected chi connectivity index (χ4v) is 7.35. The molecular weight excluding hydrogens is 945 g/mol. The van der Waals surface area contributed by atoms with E-state index in [4.69, 9.17) is 39.8 Å². The number of carbonyl (C=O) groups is 9. The number of carboxylic acid groups (broad SMARTS) is 1. The lowest BCUT2D eigenvalue weighted by Crippen LogP contribution is -2.60. The molecule has 2 rings (SSSR count). The van der Waals surface area contributed by atoms with Crippen LogP contribution >= 0.6 is 0 Å². The number of amides is 8. The monoisotopic (exact) mass is 1020 g/mol. The van der Waals surface area contributed by atoms with Crippen LogP contribution in [0.4, 0.5) is 0 Å². The highest BCUT2D eigenvalue weighted by Crippen LogP contribution is 2.20. The quantitative estimate of drug-likeness (QED) is 0.0132. The number of aliphatic hydroxyl groups excluding tert-OH is 1. The Bertz CT molecular complexity index is 1990. The van der Waals surface area contributed by atoms with Crippen molar-refractivity contribution in [2.24, 2.45) is 34.4 Å². The number of hydrogen-bond acceptors (Lipinski definition) is 17. The van der Waals surface area contributed by atoms with Crippen molar-refractivity contribution < 1.29 is 53.4 Å². The molecule has 0 bridgehead atoms. The van der Waals surface area contributed by atoms with Gasteiger partial charge in [-0.2, -0.15) is 0 Å². The Balaban J connectivity index is 2.19. The summed E-state index contributed by atoms with van der Waals surface area (Å²) in [6.45, 7) is 1.24. The van der Waals surface area contributed by atoms with Crippen molar-refractivity contribution in [1.29, 1.82) is 5.41 Å². The number of H-pyrrole nitrogens is 1. The van der Waals surface area contributed by atoms with E-state index >= 15 is 0 Å². The summed E-state index contributed by atoms with van der Waals surface area (Å²) in [5, 5.41) is 47.3. The summed E-state index contributed by atoms with van der Waals surface area (Å²) in [6, 6.07) is -8.80. The van der Waals surface area contributed by atoms with Crippen molar-refractivity contribution in [3.8, 4) is 0 Å². The molecule has 1 aliphatic heterocycles. The van der Waals surface area contributed by atoms with E-state index in [0.717, 1.165) is 0 Å². The average molecular weight is 1020 g/mol. The van der Waals surface area contributed by atoms with Gasteiger partial charge in [-0.15, -0.1) is 0 Å². The molecule has 2 heterocycles. The van der Waals surface area contributed by atoms with Gasteiger partial charge in [-0.3, -0.25) is 43.8 Å². The van der Waals surface area contributed by atoms with Gasteiger partial charge in [0.2, 0.25) is 47.3 Å². The van der Waals surface area contributed by atoms with Crippen molar-refractivity contribution in [3.63, 3.8) is 0 Å². The van der Waals surface area contributed by atoms with E-state index in [1.165, 1.54) is 30.4 Å². The van der Waals surface area contributed by atoms with E-state index < -0.39 is 120 Å². The summed E-state index contributed by atoms with van der Waals surface area (Å²) in [7, 11) is 0. The van der Waals surface area contributed by atoms with E-state index in [-0.39, 0.29) is 77.1 Å². The van der Waals surface area contributed by atoms with E-state index in [2.05, 4.69) is 52.5 Å². The molecule has 0 spiro atoms. The van der Waals surface area contributed by atoms with Crippen LogP contribution < -0.4 is 76.9 Å². The maximum Gasteiger partial charge on any atom is 0.352 e. The highest BCUT2D eigenvalue weighted by atomic mass is 16.4. The number of hydrogen-bond donors (Lipinski definition) is 18. The molecule has 2 unspecified atom stereocenters. The molecule has 1 aromatic heterocycles. The Labute approximate surface area is 417 Å². The molecule has 8 amide bonds. The first-order valence-electron chi connectivity index (χ1n) is 23.9. The molecule has 29 heteroatoms. The number of aliphatic hydroxyl groups is 1. The Morgan fingerprint density at radius 3 is 2.10 bits per heavy atom. The zero-order valence-electron chi connectivity index (χ0n) is 40.7. The van der Waals surface area contributed by atoms with Crippen molar-refractivity contribution >= 4 is 59.2 Å². The minimum absolute atomic E-state index is 0.0477. The SMILES string of the molecule is C[C@H](NC(=O)[C@H](NC(=O)C(N)CCCCN)C(O)CN)C(=O)NCC(=O)N[C@H](CCCN)C(=O)N1CCC[C@H]1C(=O)N[C@@H](Cc1cnc[nH]1)C(=O)N[C@@H](CCCCN)C(=O)N/C(=C\CCNC(=N)N)C(=O)O. The molecule has 24 N–H and O–H groups in total. The van der Waals surface area contributed by atoms with E-state index in [0.29, 0.717) is 44.3 Å². The van der Waals surface area contributed by atoms with Gasteiger partial charge in [-0.25, -0.2) is 9.78 Å². The van der Waals surface area contributed by atoms with Crippen LogP contribution in [0.15, 0.2) is 24.3 Å². The number of aliphatic carboxylic acids is 1. The van der Waals surface area contributed by atoms with Gasteiger partial charge in [0.25, 0.3) is 0 Å². The number of likely N-dealkylation sites (tertiary alicyclic amines) is 1. The predicted molar refractivity (Wildman–Crippen MR) is 261 cm³/mol. The highest BCUT2D eigenvalue weighted by Gasteiger charge is 2.40. The van der Waals surface area contributed by atoms with Gasteiger partial charge in [-0.1, -0.05) is 12.5 Å². The Morgan fingerprint density at radius 2 is 1.49 bits per heavy atom. The third kappa shape index (κ3) is 21.7. The number of aromatic nitrogens is 2. The van der Waals surface area contributed by atoms with Gasteiger partial charge < -0.3 is 97.0 Å². The van der Waals surface area contributed by atoms with Crippen LogP contribution in [0, 0.1) is 5.41 Å². The van der Waals surface area contributed by atoms with Crippen LogP contribution in [0.25, 0.3) is 0 Å². The summed E-state index contributed by atoms with van der Waals surface area (Å²) in [5.74, 6) is -8.14. The van der Waals surface area contributed by atoms with Crippen molar-refractivity contribution in [1.82, 2.24) is 57.4 Å². The number of aromatic amines is 1. The number of carbonyl (C=O) groups excluding carboxylic acids is 8. The number of imidazole rings is 1. The van der Waals surface area contributed by atoms with Gasteiger partial charge in [0.15, 0.2) is 5.96 Å². The van der Waals surface area contributed by atoms with E-state index in [1.54, 1.807) is 0 Å². The number of carboxylic acids is 1. The standard InChI is InChI=1S/C43H76N18O11/c1-24(55-40(69)34(32(62)20-47)60-36(65)26(48)9-2-4-14-44)35(64)53-22-33(63)56-28(11-6-16-46)41(70)61-18-8-13-31(61)39(68)59-30(19-25-21-51-23-54-25)38(67)57-27(10-3-5-15-45)37(66)58-29(42(71)72)12-7-17-52-43(49)50/h12,21,23-24,26-28,30-32,34,62H,2-11,13-20,22,44-48H2,1H3,(H,51,54)(H,53,64)(H,55,69)(H,56,63)(H,57,67)(H,58,66)(H,59,68)(H,60,65)(H,71,72)(H4,49,50,52)/b29-12-/t24-,26?,27-,28+,30-,31-,32?,34+/m0/s1. The predicted octanol–water partition coefficient (Wildman–Crippen LogP) is -6.90. The molecular formula is C43H76N18O11. The van der Waals surface area contributed by atoms with E-state index in [1.807, 2.05) is 0 Å². The summed E-state index contributed by atoms with van der Waals surface area (Å²) >= 11 is 0. The van der Waals surface area contributed by atoms with Crippen LogP contribution in [-0.2, 0) is 49.6 Å². The number of nitrogens with one attached hydrogen (secondary N) is 10. The van der Waals surface area contributed by atoms with Gasteiger partial charge in [0.05, 0.1) is 25.0 Å². The third-order valence-corrected chi connectivity index (χ3v) is 11.3. The van der Waals surface area contributed by atoms with Crippen molar-refractivity contribution in [2.75, 3.05) is 45.8 Å². The number of nitrogens with zero attached hydrogens (tertiary/aromatic N) is 2. The Hall–Kier alpha value is -6.79. The molecule has 1 saturated heterocycles. The van der Waals surface area contributed by atoms with Crippen LogP contribution in [0.2, 0.25) is 0 Å². The maximum absolute atomic E-state index is 14.1. The van der Waals surface area contributed by atoms with Crippen LogP contribution in [0.3, 0.4) is 0 Å². The molecule has 1 fully saturated rings. The molecule has 404 valence electrons. The Morgan fingerprint density at radius 1 is 0.819 bits per heavy atom. The molecule has 29 nitrogen and oxygen atoms in total. The van der Waals surface area contributed by atoms with Gasteiger partial charge in [-0.05, 0) is 90.8 Å². The second kappa shape index (κ2) is 33.0. The van der Waals surface area contributed by atoms with Gasteiger partial charge in [0, 0.05) is 37.9 Å². The van der Waals surface area contributed by atoms with E-state index in [9.17, 15) is 53.4 Å². The molecule has 0 radical (unpaired) electrons. The van der Waals surface area contributed by atoms with Gasteiger partial charge >= 0.3 is 5.97 Å². The second-order valence-electron chi connectivity index (χ2n) is 17.1. The Kier molecular flexibility index (Phi) is 28.1.